The molecule has 0 aliphatic heterocycles. The van der Waals surface area contributed by atoms with E-state index in [1.54, 1.807) is 0 Å². The number of carbonyl (C=O) groups excluding carboxylic acids is 1. The Labute approximate surface area is 158 Å². The van der Waals surface area contributed by atoms with Crippen LogP contribution in [0.1, 0.15) is 17.7 Å². The summed E-state index contributed by atoms with van der Waals surface area (Å²) in [5.74, 6) is 1.31. The first-order valence-corrected chi connectivity index (χ1v) is 9.94. The van der Waals surface area contributed by atoms with Crippen LogP contribution in [-0.2, 0) is 21.2 Å². The Hall–Kier alpha value is -2.90. The number of sulfonamides is 1. The van der Waals surface area contributed by atoms with E-state index in [1.807, 2.05) is 43.3 Å². The van der Waals surface area contributed by atoms with Crippen LogP contribution in [0.3, 0.4) is 0 Å². The van der Waals surface area contributed by atoms with Crippen LogP contribution in [0.15, 0.2) is 70.0 Å². The Morgan fingerprint density at radius 3 is 2.30 bits per heavy atom. The molecule has 27 heavy (non-hydrogen) atoms. The van der Waals surface area contributed by atoms with Crippen LogP contribution < -0.4 is 10.5 Å². The summed E-state index contributed by atoms with van der Waals surface area (Å²) in [7, 11) is -3.74. The van der Waals surface area contributed by atoms with Crippen molar-refractivity contribution in [1.82, 2.24) is 0 Å². The molecule has 0 atom stereocenters. The summed E-state index contributed by atoms with van der Waals surface area (Å²) in [5, 5.41) is 7.77. The molecule has 0 unspecified atom stereocenters. The minimum atomic E-state index is -3.74. The number of furan rings is 1. The SMILES string of the molecule is Cc1ccc(-c2ccc(CCC(=O)Nc3ccc(S(N)(=O)=O)cc3)o2)cc1. The second-order valence-electron chi connectivity index (χ2n) is 6.25. The highest BCUT2D eigenvalue weighted by molar-refractivity contribution is 7.89. The van der Waals surface area contributed by atoms with Crippen molar-refractivity contribution >= 4 is 21.6 Å². The minimum Gasteiger partial charge on any atom is -0.461 e. The van der Waals surface area contributed by atoms with Crippen molar-refractivity contribution in [2.24, 2.45) is 5.14 Å². The second-order valence-corrected chi connectivity index (χ2v) is 7.81. The lowest BCUT2D eigenvalue weighted by atomic mass is 10.1. The van der Waals surface area contributed by atoms with Crippen molar-refractivity contribution in [3.8, 4) is 11.3 Å². The van der Waals surface area contributed by atoms with Crippen molar-refractivity contribution in [2.45, 2.75) is 24.7 Å². The lowest BCUT2D eigenvalue weighted by Crippen LogP contribution is -2.14. The van der Waals surface area contributed by atoms with Gasteiger partial charge in [-0.2, -0.15) is 0 Å². The predicted molar refractivity (Wildman–Crippen MR) is 104 cm³/mol. The third-order valence-corrected chi connectivity index (χ3v) is 4.99. The third-order valence-electron chi connectivity index (χ3n) is 4.06. The second kappa shape index (κ2) is 7.77. The van der Waals surface area contributed by atoms with Gasteiger partial charge in [-0.3, -0.25) is 4.79 Å². The van der Waals surface area contributed by atoms with E-state index in [2.05, 4.69) is 5.32 Å². The van der Waals surface area contributed by atoms with E-state index >= 15 is 0 Å². The van der Waals surface area contributed by atoms with E-state index in [4.69, 9.17) is 9.56 Å². The standard InChI is InChI=1S/C20H20N2O4S/c1-14-2-4-15(5-3-14)19-12-8-17(26-19)9-13-20(23)22-16-6-10-18(11-7-16)27(21,24)25/h2-8,10-12H,9,13H2,1H3,(H,22,23)(H2,21,24,25). The van der Waals surface area contributed by atoms with Gasteiger partial charge in [0, 0.05) is 24.1 Å². The highest BCUT2D eigenvalue weighted by Gasteiger charge is 2.10. The summed E-state index contributed by atoms with van der Waals surface area (Å²) in [6.45, 7) is 2.03. The van der Waals surface area contributed by atoms with Gasteiger partial charge < -0.3 is 9.73 Å². The molecule has 0 aliphatic rings. The summed E-state index contributed by atoms with van der Waals surface area (Å²) < 4.78 is 28.3. The molecule has 140 valence electrons. The summed E-state index contributed by atoms with van der Waals surface area (Å²) in [6.07, 6.45) is 0.713. The number of hydrogen-bond donors (Lipinski definition) is 2. The first-order chi connectivity index (χ1) is 12.8. The number of hydrogen-bond acceptors (Lipinski definition) is 4. The highest BCUT2D eigenvalue weighted by Crippen LogP contribution is 2.23. The Kier molecular flexibility index (Phi) is 5.43. The molecular weight excluding hydrogens is 364 g/mol. The first kappa shape index (κ1) is 18.9. The molecular formula is C20H20N2O4S. The van der Waals surface area contributed by atoms with Gasteiger partial charge in [0.15, 0.2) is 0 Å². The van der Waals surface area contributed by atoms with E-state index in [1.165, 1.54) is 29.8 Å². The van der Waals surface area contributed by atoms with E-state index in [-0.39, 0.29) is 17.2 Å². The zero-order valence-corrected chi connectivity index (χ0v) is 15.6. The van der Waals surface area contributed by atoms with Crippen molar-refractivity contribution < 1.29 is 17.6 Å². The smallest absolute Gasteiger partial charge is 0.238 e. The van der Waals surface area contributed by atoms with Crippen molar-refractivity contribution in [3.05, 3.63) is 72.0 Å². The number of rotatable bonds is 6. The molecule has 0 bridgehead atoms. The van der Waals surface area contributed by atoms with Crippen LogP contribution >= 0.6 is 0 Å². The maximum Gasteiger partial charge on any atom is 0.238 e. The summed E-state index contributed by atoms with van der Waals surface area (Å²) in [4.78, 5) is 12.1. The van der Waals surface area contributed by atoms with Gasteiger partial charge >= 0.3 is 0 Å². The van der Waals surface area contributed by atoms with Gasteiger partial charge in [0.05, 0.1) is 4.90 Å². The maximum absolute atomic E-state index is 12.1. The van der Waals surface area contributed by atoms with E-state index in [0.717, 1.165) is 17.1 Å². The highest BCUT2D eigenvalue weighted by atomic mass is 32.2. The summed E-state index contributed by atoms with van der Waals surface area (Å²) in [6, 6.07) is 17.5. The molecule has 0 spiro atoms. The fourth-order valence-corrected chi connectivity index (χ4v) is 3.09. The van der Waals surface area contributed by atoms with Crippen LogP contribution in [0.2, 0.25) is 0 Å². The largest absolute Gasteiger partial charge is 0.461 e. The number of nitrogens with one attached hydrogen (secondary N) is 1. The van der Waals surface area contributed by atoms with Crippen molar-refractivity contribution in [2.75, 3.05) is 5.32 Å². The molecule has 0 aliphatic carbocycles. The third kappa shape index (κ3) is 5.06. The van der Waals surface area contributed by atoms with Crippen LogP contribution in [0.5, 0.6) is 0 Å². The van der Waals surface area contributed by atoms with Gasteiger partial charge in [-0.1, -0.05) is 29.8 Å². The number of benzene rings is 2. The van der Waals surface area contributed by atoms with Crippen LogP contribution in [0.4, 0.5) is 5.69 Å². The monoisotopic (exact) mass is 384 g/mol. The zero-order valence-electron chi connectivity index (χ0n) is 14.8. The van der Waals surface area contributed by atoms with Crippen LogP contribution in [-0.4, -0.2) is 14.3 Å². The quantitative estimate of drug-likeness (QED) is 0.679. The molecule has 7 heteroatoms. The van der Waals surface area contributed by atoms with E-state index < -0.39 is 10.0 Å². The molecule has 3 aromatic rings. The predicted octanol–water partition coefficient (Wildman–Crippen LogP) is 3.47. The Bertz CT molecular complexity index is 1040. The normalized spacial score (nSPS) is 11.3. The van der Waals surface area contributed by atoms with Gasteiger partial charge in [0.1, 0.15) is 11.5 Å². The van der Waals surface area contributed by atoms with Crippen LogP contribution in [0.25, 0.3) is 11.3 Å². The summed E-state index contributed by atoms with van der Waals surface area (Å²) in [5.41, 5.74) is 2.68. The van der Waals surface area contributed by atoms with Crippen molar-refractivity contribution in [3.63, 3.8) is 0 Å². The molecule has 3 N–H and O–H groups in total. The number of amides is 1. The van der Waals surface area contributed by atoms with Gasteiger partial charge in [-0.15, -0.1) is 0 Å². The molecule has 0 radical (unpaired) electrons. The Morgan fingerprint density at radius 1 is 1.00 bits per heavy atom. The molecule has 2 aromatic carbocycles. The fraction of sp³-hybridized carbons (Fsp3) is 0.150. The number of primary sulfonamides is 1. The first-order valence-electron chi connectivity index (χ1n) is 8.40. The average Bonchev–Trinajstić information content (AvgIpc) is 3.09. The number of anilines is 1. The van der Waals surface area contributed by atoms with Gasteiger partial charge in [-0.05, 0) is 43.3 Å². The molecule has 0 saturated carbocycles. The molecule has 0 saturated heterocycles. The minimum absolute atomic E-state index is 0.000260. The topological polar surface area (TPSA) is 102 Å². The lowest BCUT2D eigenvalue weighted by molar-refractivity contribution is -0.116. The van der Waals surface area contributed by atoms with Gasteiger partial charge in [-0.25, -0.2) is 13.6 Å². The molecule has 1 heterocycles. The average molecular weight is 384 g/mol. The molecule has 0 fully saturated rings. The van der Waals surface area contributed by atoms with E-state index in [0.29, 0.717) is 12.1 Å². The maximum atomic E-state index is 12.1. The Balaban J connectivity index is 1.56. The Morgan fingerprint density at radius 2 is 1.67 bits per heavy atom. The number of carbonyl (C=O) groups is 1. The van der Waals surface area contributed by atoms with E-state index in [9.17, 15) is 13.2 Å². The molecule has 1 aromatic heterocycles. The van der Waals surface area contributed by atoms with Crippen molar-refractivity contribution in [1.29, 1.82) is 0 Å². The lowest BCUT2D eigenvalue weighted by Gasteiger charge is -2.05. The number of nitrogens with two attached hydrogens (primary N) is 1. The molecule has 1 amide bonds. The van der Waals surface area contributed by atoms with Gasteiger partial charge in [0.25, 0.3) is 0 Å². The molecule has 3 rings (SSSR count). The molecule has 6 nitrogen and oxygen atoms in total. The van der Waals surface area contributed by atoms with Crippen LogP contribution in [0, 0.1) is 6.92 Å². The van der Waals surface area contributed by atoms with Gasteiger partial charge in [0.2, 0.25) is 15.9 Å². The fourth-order valence-electron chi connectivity index (χ4n) is 2.57. The zero-order chi connectivity index (χ0) is 19.4. The number of aryl methyl sites for hydroxylation is 2. The summed E-state index contributed by atoms with van der Waals surface area (Å²) >= 11 is 0.